The lowest BCUT2D eigenvalue weighted by Gasteiger charge is -2.19. The van der Waals surface area contributed by atoms with Crippen molar-refractivity contribution >= 4 is 11.4 Å². The van der Waals surface area contributed by atoms with Gasteiger partial charge in [-0.1, -0.05) is 0 Å². The van der Waals surface area contributed by atoms with Crippen LogP contribution < -0.4 is 21.1 Å². The zero-order valence-corrected chi connectivity index (χ0v) is 9.23. The van der Waals surface area contributed by atoms with Crippen LogP contribution in [0.1, 0.15) is 0 Å². The van der Waals surface area contributed by atoms with Crippen LogP contribution in [0.3, 0.4) is 0 Å². The monoisotopic (exact) mass is 223 g/mol. The minimum atomic E-state index is -0.373. The van der Waals surface area contributed by atoms with Gasteiger partial charge in [0, 0.05) is 24.8 Å². The van der Waals surface area contributed by atoms with Gasteiger partial charge in [-0.15, -0.1) is 0 Å². The van der Waals surface area contributed by atoms with E-state index in [2.05, 4.69) is 10.6 Å². The Balaban J connectivity index is 2.14. The number of hydrogen-bond acceptors (Lipinski definition) is 5. The molecule has 1 heterocycles. The fraction of sp³-hybridized carbons (Fsp3) is 0.455. The van der Waals surface area contributed by atoms with Crippen molar-refractivity contribution in [2.75, 3.05) is 31.2 Å². The molecule has 1 aliphatic heterocycles. The second-order valence-corrected chi connectivity index (χ2v) is 3.94. The number of β-amino-alcohol motifs (C(OH)–C–C–N with tert-alkyl or cyclic N) is 1. The molecule has 1 fully saturated rings. The topological polar surface area (TPSA) is 79.5 Å². The molecule has 1 saturated heterocycles. The standard InChI is InChI=1S/C11H17N3O2/c1-16-11-4-7(12)2-3-8(11)14-9-5-13-6-10(9)15/h2-4,9-10,13-15H,5-6,12H2,1H3. The normalized spacial score (nSPS) is 24.4. The zero-order chi connectivity index (χ0) is 11.5. The molecule has 1 aromatic rings. The van der Waals surface area contributed by atoms with Crippen LogP contribution in [0.25, 0.3) is 0 Å². The molecular weight excluding hydrogens is 206 g/mol. The van der Waals surface area contributed by atoms with Gasteiger partial charge in [-0.2, -0.15) is 0 Å². The Labute approximate surface area is 94.6 Å². The number of aliphatic hydroxyl groups excluding tert-OH is 1. The van der Waals surface area contributed by atoms with Gasteiger partial charge in [0.15, 0.2) is 0 Å². The molecule has 1 aromatic carbocycles. The maximum absolute atomic E-state index is 9.68. The largest absolute Gasteiger partial charge is 0.495 e. The van der Waals surface area contributed by atoms with Crippen LogP contribution in [0, 0.1) is 0 Å². The molecule has 2 atom stereocenters. The van der Waals surface area contributed by atoms with Gasteiger partial charge in [0.2, 0.25) is 0 Å². The molecular formula is C11H17N3O2. The average Bonchev–Trinajstić information content (AvgIpc) is 2.67. The summed E-state index contributed by atoms with van der Waals surface area (Å²) < 4.78 is 5.23. The molecule has 2 rings (SSSR count). The first-order valence-corrected chi connectivity index (χ1v) is 5.29. The van der Waals surface area contributed by atoms with Crippen molar-refractivity contribution in [1.29, 1.82) is 0 Å². The van der Waals surface area contributed by atoms with Gasteiger partial charge in [0.05, 0.1) is 24.9 Å². The SMILES string of the molecule is COc1cc(N)ccc1NC1CNCC1O. The van der Waals surface area contributed by atoms with E-state index in [4.69, 9.17) is 10.5 Å². The molecule has 1 aliphatic rings. The highest BCUT2D eigenvalue weighted by Gasteiger charge is 2.25. The number of benzene rings is 1. The Hall–Kier alpha value is -1.46. The average molecular weight is 223 g/mol. The molecule has 2 unspecified atom stereocenters. The van der Waals surface area contributed by atoms with Crippen LogP contribution in [-0.4, -0.2) is 37.5 Å². The molecule has 88 valence electrons. The second-order valence-electron chi connectivity index (χ2n) is 3.94. The summed E-state index contributed by atoms with van der Waals surface area (Å²) in [6.07, 6.45) is -0.373. The fourth-order valence-electron chi connectivity index (χ4n) is 1.84. The molecule has 5 N–H and O–H groups in total. The zero-order valence-electron chi connectivity index (χ0n) is 9.23. The predicted molar refractivity (Wildman–Crippen MR) is 63.7 cm³/mol. The Morgan fingerprint density at radius 3 is 2.94 bits per heavy atom. The van der Waals surface area contributed by atoms with Crippen LogP contribution in [0.2, 0.25) is 0 Å². The van der Waals surface area contributed by atoms with E-state index in [0.717, 1.165) is 12.2 Å². The first kappa shape index (κ1) is 11.0. The molecule has 0 spiro atoms. The van der Waals surface area contributed by atoms with Crippen molar-refractivity contribution in [3.05, 3.63) is 18.2 Å². The van der Waals surface area contributed by atoms with Crippen LogP contribution in [0.5, 0.6) is 5.75 Å². The lowest BCUT2D eigenvalue weighted by molar-refractivity contribution is 0.185. The third kappa shape index (κ3) is 2.20. The number of anilines is 2. The van der Waals surface area contributed by atoms with Crippen LogP contribution in [-0.2, 0) is 0 Å². The van der Waals surface area contributed by atoms with Crippen LogP contribution >= 0.6 is 0 Å². The van der Waals surface area contributed by atoms with E-state index in [1.165, 1.54) is 0 Å². The van der Waals surface area contributed by atoms with E-state index >= 15 is 0 Å². The summed E-state index contributed by atoms with van der Waals surface area (Å²) in [7, 11) is 1.60. The van der Waals surface area contributed by atoms with Gasteiger partial charge in [0.1, 0.15) is 5.75 Å². The van der Waals surface area contributed by atoms with Crippen molar-refractivity contribution in [2.24, 2.45) is 0 Å². The summed E-state index contributed by atoms with van der Waals surface area (Å²) in [5.74, 6) is 0.694. The minimum absolute atomic E-state index is 0.0116. The highest BCUT2D eigenvalue weighted by Crippen LogP contribution is 2.27. The highest BCUT2D eigenvalue weighted by molar-refractivity contribution is 5.63. The first-order chi connectivity index (χ1) is 7.70. The van der Waals surface area contributed by atoms with Crippen molar-refractivity contribution < 1.29 is 9.84 Å². The molecule has 0 aliphatic carbocycles. The summed E-state index contributed by atoms with van der Waals surface area (Å²) in [6.45, 7) is 1.36. The van der Waals surface area contributed by atoms with E-state index in [9.17, 15) is 5.11 Å². The number of ether oxygens (including phenoxy) is 1. The number of nitrogen functional groups attached to an aromatic ring is 1. The van der Waals surface area contributed by atoms with Crippen LogP contribution in [0.4, 0.5) is 11.4 Å². The Kier molecular flexibility index (Phi) is 3.17. The van der Waals surface area contributed by atoms with Crippen molar-refractivity contribution in [3.63, 3.8) is 0 Å². The summed E-state index contributed by atoms with van der Waals surface area (Å²) in [6, 6.07) is 5.44. The van der Waals surface area contributed by atoms with E-state index in [1.54, 1.807) is 19.2 Å². The van der Waals surface area contributed by atoms with Gasteiger partial charge in [0.25, 0.3) is 0 Å². The number of hydrogen-bond donors (Lipinski definition) is 4. The Bertz CT molecular complexity index is 370. The van der Waals surface area contributed by atoms with Gasteiger partial charge in [-0.3, -0.25) is 0 Å². The van der Waals surface area contributed by atoms with Gasteiger partial charge in [-0.05, 0) is 12.1 Å². The van der Waals surface area contributed by atoms with E-state index in [1.807, 2.05) is 6.07 Å². The van der Waals surface area contributed by atoms with E-state index < -0.39 is 0 Å². The Morgan fingerprint density at radius 2 is 2.31 bits per heavy atom. The maximum atomic E-state index is 9.68. The smallest absolute Gasteiger partial charge is 0.144 e. The van der Waals surface area contributed by atoms with Crippen molar-refractivity contribution in [2.45, 2.75) is 12.1 Å². The Morgan fingerprint density at radius 1 is 1.50 bits per heavy atom. The second kappa shape index (κ2) is 4.59. The maximum Gasteiger partial charge on any atom is 0.144 e. The summed E-state index contributed by atoms with van der Waals surface area (Å²) in [5, 5.41) is 16.0. The third-order valence-corrected chi connectivity index (χ3v) is 2.75. The fourth-order valence-corrected chi connectivity index (χ4v) is 1.84. The van der Waals surface area contributed by atoms with Gasteiger partial charge < -0.3 is 26.2 Å². The molecule has 0 saturated carbocycles. The number of nitrogens with two attached hydrogens (primary N) is 1. The summed E-state index contributed by atoms with van der Waals surface area (Å²) in [5.41, 5.74) is 7.18. The van der Waals surface area contributed by atoms with E-state index in [0.29, 0.717) is 18.0 Å². The number of aliphatic hydroxyl groups is 1. The molecule has 0 bridgehead atoms. The van der Waals surface area contributed by atoms with Gasteiger partial charge in [-0.25, -0.2) is 0 Å². The predicted octanol–water partition coefficient (Wildman–Crippen LogP) is 0.0220. The summed E-state index contributed by atoms with van der Waals surface area (Å²) >= 11 is 0. The third-order valence-electron chi connectivity index (χ3n) is 2.75. The molecule has 16 heavy (non-hydrogen) atoms. The highest BCUT2D eigenvalue weighted by atomic mass is 16.5. The van der Waals surface area contributed by atoms with Crippen molar-refractivity contribution in [1.82, 2.24) is 5.32 Å². The lowest BCUT2D eigenvalue weighted by Crippen LogP contribution is -2.32. The molecule has 5 heteroatoms. The van der Waals surface area contributed by atoms with E-state index in [-0.39, 0.29) is 12.1 Å². The van der Waals surface area contributed by atoms with Crippen molar-refractivity contribution in [3.8, 4) is 5.75 Å². The number of methoxy groups -OCH3 is 1. The molecule has 0 aromatic heterocycles. The number of nitrogens with one attached hydrogen (secondary N) is 2. The lowest BCUT2D eigenvalue weighted by atomic mass is 10.2. The molecule has 0 amide bonds. The van der Waals surface area contributed by atoms with Crippen LogP contribution in [0.15, 0.2) is 18.2 Å². The van der Waals surface area contributed by atoms with Gasteiger partial charge >= 0.3 is 0 Å². The quantitative estimate of drug-likeness (QED) is 0.543. The first-order valence-electron chi connectivity index (χ1n) is 5.29. The number of rotatable bonds is 3. The minimum Gasteiger partial charge on any atom is -0.495 e. The molecule has 0 radical (unpaired) electrons. The molecule has 5 nitrogen and oxygen atoms in total. The summed E-state index contributed by atoms with van der Waals surface area (Å²) in [4.78, 5) is 0.